The molecular formula is C18H24N2O3. The summed E-state index contributed by atoms with van der Waals surface area (Å²) < 4.78 is 0. The molecule has 124 valence electrons. The summed E-state index contributed by atoms with van der Waals surface area (Å²) in [4.78, 5) is 38.3. The van der Waals surface area contributed by atoms with Gasteiger partial charge in [-0.1, -0.05) is 31.5 Å². The number of amides is 3. The maximum atomic E-state index is 12.6. The first-order chi connectivity index (χ1) is 10.6. The van der Waals surface area contributed by atoms with E-state index in [0.29, 0.717) is 12.0 Å². The number of carbonyl (C=O) groups excluding carboxylic acids is 3. The average molecular weight is 316 g/mol. The fourth-order valence-electron chi connectivity index (χ4n) is 3.11. The number of nitrogens with one attached hydrogen (secondary N) is 1. The van der Waals surface area contributed by atoms with Gasteiger partial charge in [0, 0.05) is 5.56 Å². The molecule has 3 amide bonds. The van der Waals surface area contributed by atoms with E-state index in [4.69, 9.17) is 0 Å². The predicted octanol–water partition coefficient (Wildman–Crippen LogP) is 2.84. The van der Waals surface area contributed by atoms with Gasteiger partial charge in [-0.3, -0.25) is 14.5 Å². The number of carbonyl (C=O) groups is 3. The second-order valence-corrected chi connectivity index (χ2v) is 6.99. The highest BCUT2D eigenvalue weighted by atomic mass is 16.2. The van der Waals surface area contributed by atoms with E-state index < -0.39 is 11.6 Å². The number of urea groups is 1. The van der Waals surface area contributed by atoms with Crippen LogP contribution in [0.2, 0.25) is 0 Å². The molecule has 1 aromatic rings. The van der Waals surface area contributed by atoms with Crippen LogP contribution in [0.5, 0.6) is 0 Å². The van der Waals surface area contributed by atoms with E-state index >= 15 is 0 Å². The number of ketones is 1. The quantitative estimate of drug-likeness (QED) is 0.671. The third kappa shape index (κ3) is 3.44. The SMILES string of the molecule is Cc1ccc(C)c(C(=O)CN2C(=O)NC(C)(CC(C)C)C2=O)c1. The van der Waals surface area contributed by atoms with Crippen LogP contribution in [0, 0.1) is 19.8 Å². The van der Waals surface area contributed by atoms with Crippen molar-refractivity contribution in [2.75, 3.05) is 6.54 Å². The second-order valence-electron chi connectivity index (χ2n) is 6.99. The van der Waals surface area contributed by atoms with E-state index in [2.05, 4.69) is 5.32 Å². The van der Waals surface area contributed by atoms with Crippen molar-refractivity contribution in [3.8, 4) is 0 Å². The molecule has 0 spiro atoms. The Morgan fingerprint density at radius 1 is 1.26 bits per heavy atom. The highest BCUT2D eigenvalue weighted by Gasteiger charge is 2.48. The number of aryl methyl sites for hydroxylation is 2. The molecule has 0 aliphatic carbocycles. The van der Waals surface area contributed by atoms with Crippen molar-refractivity contribution in [1.82, 2.24) is 10.2 Å². The third-order valence-electron chi connectivity index (χ3n) is 4.16. The minimum absolute atomic E-state index is 0.219. The zero-order valence-corrected chi connectivity index (χ0v) is 14.4. The Hall–Kier alpha value is -2.17. The van der Waals surface area contributed by atoms with Gasteiger partial charge >= 0.3 is 6.03 Å². The summed E-state index contributed by atoms with van der Waals surface area (Å²) >= 11 is 0. The van der Waals surface area contributed by atoms with E-state index in [9.17, 15) is 14.4 Å². The first kappa shape index (κ1) is 17.2. The third-order valence-corrected chi connectivity index (χ3v) is 4.16. The van der Waals surface area contributed by atoms with Gasteiger partial charge in [-0.15, -0.1) is 0 Å². The van der Waals surface area contributed by atoms with Crippen molar-refractivity contribution in [3.63, 3.8) is 0 Å². The van der Waals surface area contributed by atoms with Crippen LogP contribution >= 0.6 is 0 Å². The highest BCUT2D eigenvalue weighted by Crippen LogP contribution is 2.25. The lowest BCUT2D eigenvalue weighted by Gasteiger charge is -2.23. The number of hydrogen-bond acceptors (Lipinski definition) is 3. The molecule has 1 aliphatic heterocycles. The van der Waals surface area contributed by atoms with Gasteiger partial charge in [-0.05, 0) is 44.7 Å². The summed E-state index contributed by atoms with van der Waals surface area (Å²) in [5.74, 6) is -0.280. The highest BCUT2D eigenvalue weighted by molar-refractivity contribution is 6.11. The lowest BCUT2D eigenvalue weighted by molar-refractivity contribution is -0.131. The summed E-state index contributed by atoms with van der Waals surface area (Å²) in [5.41, 5.74) is 1.45. The number of nitrogens with zero attached hydrogens (tertiary/aromatic N) is 1. The van der Waals surface area contributed by atoms with Gasteiger partial charge in [0.05, 0.1) is 6.54 Å². The van der Waals surface area contributed by atoms with Gasteiger partial charge in [0.1, 0.15) is 5.54 Å². The van der Waals surface area contributed by atoms with Gasteiger partial charge < -0.3 is 5.32 Å². The van der Waals surface area contributed by atoms with Crippen molar-refractivity contribution in [2.45, 2.75) is 46.6 Å². The Balaban J connectivity index is 2.20. The lowest BCUT2D eigenvalue weighted by Crippen LogP contribution is -2.45. The molecule has 1 N–H and O–H groups in total. The minimum Gasteiger partial charge on any atom is -0.323 e. The van der Waals surface area contributed by atoms with Crippen molar-refractivity contribution in [1.29, 1.82) is 0 Å². The molecule has 1 saturated heterocycles. The van der Waals surface area contributed by atoms with Gasteiger partial charge in [-0.2, -0.15) is 0 Å². The van der Waals surface area contributed by atoms with E-state index in [-0.39, 0.29) is 24.2 Å². The van der Waals surface area contributed by atoms with Gasteiger partial charge in [0.15, 0.2) is 5.78 Å². The zero-order valence-electron chi connectivity index (χ0n) is 14.4. The Kier molecular flexibility index (Phi) is 4.59. The molecule has 1 atom stereocenters. The molecule has 1 aromatic carbocycles. The summed E-state index contributed by atoms with van der Waals surface area (Å²) in [7, 11) is 0. The van der Waals surface area contributed by atoms with E-state index in [1.807, 2.05) is 39.8 Å². The van der Waals surface area contributed by atoms with Crippen LogP contribution in [0.4, 0.5) is 4.79 Å². The summed E-state index contributed by atoms with van der Waals surface area (Å²) in [6, 6.07) is 5.11. The normalized spacial score (nSPS) is 21.0. The zero-order chi connectivity index (χ0) is 17.4. The van der Waals surface area contributed by atoms with Crippen LogP contribution in [0.3, 0.4) is 0 Å². The summed E-state index contributed by atoms with van der Waals surface area (Å²) in [5, 5.41) is 2.73. The van der Waals surface area contributed by atoms with Crippen LogP contribution in [0.1, 0.15) is 48.7 Å². The van der Waals surface area contributed by atoms with E-state index in [1.54, 1.807) is 13.0 Å². The molecule has 1 heterocycles. The van der Waals surface area contributed by atoms with Gasteiger partial charge in [0.2, 0.25) is 0 Å². The van der Waals surface area contributed by atoms with Crippen molar-refractivity contribution in [3.05, 3.63) is 34.9 Å². The molecule has 2 rings (SSSR count). The van der Waals surface area contributed by atoms with Crippen molar-refractivity contribution < 1.29 is 14.4 Å². The van der Waals surface area contributed by atoms with E-state index in [0.717, 1.165) is 16.0 Å². The lowest BCUT2D eigenvalue weighted by atomic mass is 9.91. The Morgan fingerprint density at radius 2 is 1.91 bits per heavy atom. The van der Waals surface area contributed by atoms with Crippen LogP contribution < -0.4 is 5.32 Å². The topological polar surface area (TPSA) is 66.5 Å². The fourth-order valence-corrected chi connectivity index (χ4v) is 3.11. The number of hydrogen-bond donors (Lipinski definition) is 1. The molecule has 1 fully saturated rings. The number of Topliss-reactive ketones (excluding diaryl/α,β-unsaturated/α-hetero) is 1. The van der Waals surface area contributed by atoms with Crippen molar-refractivity contribution in [2.24, 2.45) is 5.92 Å². The van der Waals surface area contributed by atoms with Gasteiger partial charge in [-0.25, -0.2) is 4.79 Å². The van der Waals surface area contributed by atoms with Crippen LogP contribution in [-0.4, -0.2) is 34.7 Å². The molecule has 0 saturated carbocycles. The monoisotopic (exact) mass is 316 g/mol. The second kappa shape index (κ2) is 6.14. The Morgan fingerprint density at radius 3 is 2.52 bits per heavy atom. The van der Waals surface area contributed by atoms with Crippen LogP contribution in [0.15, 0.2) is 18.2 Å². The molecule has 0 aromatic heterocycles. The van der Waals surface area contributed by atoms with Crippen molar-refractivity contribution >= 4 is 17.7 Å². The molecule has 23 heavy (non-hydrogen) atoms. The minimum atomic E-state index is -0.923. The molecular weight excluding hydrogens is 292 g/mol. The smallest absolute Gasteiger partial charge is 0.323 e. The predicted molar refractivity (Wildman–Crippen MR) is 88.4 cm³/mol. The molecule has 0 bridgehead atoms. The number of benzene rings is 1. The first-order valence-electron chi connectivity index (χ1n) is 7.88. The Bertz CT molecular complexity index is 666. The Labute approximate surface area is 137 Å². The maximum absolute atomic E-state index is 12.6. The van der Waals surface area contributed by atoms with Gasteiger partial charge in [0.25, 0.3) is 5.91 Å². The molecule has 1 aliphatic rings. The molecule has 5 nitrogen and oxygen atoms in total. The number of imide groups is 1. The summed E-state index contributed by atoms with van der Waals surface area (Å²) in [6.07, 6.45) is 0.547. The average Bonchev–Trinajstić information content (AvgIpc) is 2.64. The first-order valence-corrected chi connectivity index (χ1v) is 7.88. The van der Waals surface area contributed by atoms with Crippen LogP contribution in [0.25, 0.3) is 0 Å². The van der Waals surface area contributed by atoms with Crippen LogP contribution in [-0.2, 0) is 4.79 Å². The maximum Gasteiger partial charge on any atom is 0.325 e. The summed E-state index contributed by atoms with van der Waals surface area (Å²) in [6.45, 7) is 9.24. The number of rotatable bonds is 5. The molecule has 1 unspecified atom stereocenters. The largest absolute Gasteiger partial charge is 0.325 e. The molecule has 5 heteroatoms. The molecule has 0 radical (unpaired) electrons. The standard InChI is InChI=1S/C18H24N2O3/c1-11(2)9-18(5)16(22)20(17(23)19-18)10-15(21)14-8-12(3)6-7-13(14)4/h6-8,11H,9-10H2,1-5H3,(H,19,23). The van der Waals surface area contributed by atoms with E-state index in [1.165, 1.54) is 0 Å². The fraction of sp³-hybridized carbons (Fsp3) is 0.500.